The van der Waals surface area contributed by atoms with Gasteiger partial charge in [-0.2, -0.15) is 0 Å². The molecule has 1 aromatic heterocycles. The number of benzene rings is 2. The lowest BCUT2D eigenvalue weighted by atomic mass is 10.1. The van der Waals surface area contributed by atoms with E-state index in [9.17, 15) is 30.3 Å². The molecule has 11 nitrogen and oxygen atoms in total. The molecule has 0 fully saturated rings. The van der Waals surface area contributed by atoms with Crippen molar-refractivity contribution >= 4 is 17.1 Å². The van der Waals surface area contributed by atoms with E-state index in [2.05, 4.69) is 36.2 Å². The van der Waals surface area contributed by atoms with Gasteiger partial charge in [0, 0.05) is 11.8 Å². The van der Waals surface area contributed by atoms with Gasteiger partial charge in [-0.1, -0.05) is 43.7 Å². The molecule has 1 heterocycles. The Bertz CT molecular complexity index is 1070. The van der Waals surface area contributed by atoms with Gasteiger partial charge in [0.2, 0.25) is 0 Å². The van der Waals surface area contributed by atoms with Crippen molar-refractivity contribution in [3.63, 3.8) is 0 Å². The molecule has 0 amide bonds. The highest BCUT2D eigenvalue weighted by molar-refractivity contribution is 5.64. The number of aryl methyl sites for hydroxylation is 1. The number of phenolic OH excluding ortho intramolecular Hbond substituents is 1. The predicted molar refractivity (Wildman–Crippen MR) is 112 cm³/mol. The lowest BCUT2D eigenvalue weighted by Crippen LogP contribution is -1.97. The van der Waals surface area contributed by atoms with Crippen LogP contribution in [0.3, 0.4) is 0 Å². The fourth-order valence-corrected chi connectivity index (χ4v) is 2.66. The first-order chi connectivity index (χ1) is 14.7. The van der Waals surface area contributed by atoms with Crippen molar-refractivity contribution in [1.29, 1.82) is 0 Å². The highest BCUT2D eigenvalue weighted by Gasteiger charge is 2.30. The highest BCUT2D eigenvalue weighted by Crippen LogP contribution is 2.38. The maximum atomic E-state index is 10.4. The van der Waals surface area contributed by atoms with Gasteiger partial charge in [-0.3, -0.25) is 35.3 Å². The minimum Gasteiger partial charge on any atom is -0.497 e. The SMILES string of the molecule is CCCc1ccnc(-c2ccccc2)c1.O=[N+]([O-])c1cc([N+](=O)[O-])c(O)c([N+](=O)[O-])c1. The topological polar surface area (TPSA) is 163 Å². The Hall–Kier alpha value is -4.41. The molecule has 3 rings (SSSR count). The standard InChI is InChI=1S/C14H15N.C6H3N3O7/c1-2-6-12-9-10-15-14(11-12)13-7-4-3-5-8-13;10-6-4(8(13)14)1-3(7(11)12)2-5(6)9(15)16/h3-5,7-11H,2,6H2,1H3;1-2,10H. The van der Waals surface area contributed by atoms with Crippen LogP contribution in [-0.2, 0) is 6.42 Å². The number of hydrogen-bond acceptors (Lipinski definition) is 8. The molecule has 3 aromatic rings. The largest absolute Gasteiger partial charge is 0.497 e. The summed E-state index contributed by atoms with van der Waals surface area (Å²) in [5.74, 6) is -1.21. The van der Waals surface area contributed by atoms with E-state index < -0.39 is 37.6 Å². The van der Waals surface area contributed by atoms with Gasteiger partial charge in [-0.05, 0) is 24.1 Å². The van der Waals surface area contributed by atoms with Crippen LogP contribution in [0, 0.1) is 30.3 Å². The Morgan fingerprint density at radius 3 is 1.94 bits per heavy atom. The molecule has 0 spiro atoms. The Labute approximate surface area is 176 Å². The number of aromatic hydroxyl groups is 1. The average molecular weight is 426 g/mol. The van der Waals surface area contributed by atoms with Crippen molar-refractivity contribution in [3.05, 3.63) is 96.7 Å². The summed E-state index contributed by atoms with van der Waals surface area (Å²) >= 11 is 0. The molecular weight excluding hydrogens is 408 g/mol. The number of non-ortho nitro benzene ring substituents is 1. The molecule has 31 heavy (non-hydrogen) atoms. The quantitative estimate of drug-likeness (QED) is 0.433. The zero-order valence-electron chi connectivity index (χ0n) is 16.4. The maximum absolute atomic E-state index is 10.4. The monoisotopic (exact) mass is 426 g/mol. The minimum absolute atomic E-state index is 0.447. The van der Waals surface area contributed by atoms with E-state index in [1.165, 1.54) is 17.5 Å². The molecule has 0 aliphatic heterocycles. The van der Waals surface area contributed by atoms with Crippen LogP contribution in [0.25, 0.3) is 11.3 Å². The van der Waals surface area contributed by atoms with Gasteiger partial charge in [0.05, 0.1) is 32.6 Å². The van der Waals surface area contributed by atoms with E-state index in [1.54, 1.807) is 0 Å². The average Bonchev–Trinajstić information content (AvgIpc) is 2.75. The summed E-state index contributed by atoms with van der Waals surface area (Å²) in [5, 5.41) is 40.2. The molecule has 0 aliphatic rings. The van der Waals surface area contributed by atoms with Gasteiger partial charge in [0.25, 0.3) is 11.4 Å². The third kappa shape index (κ3) is 6.03. The first-order valence-corrected chi connectivity index (χ1v) is 9.05. The number of rotatable bonds is 6. The second kappa shape index (κ2) is 10.4. The van der Waals surface area contributed by atoms with Gasteiger partial charge >= 0.3 is 11.4 Å². The van der Waals surface area contributed by atoms with Gasteiger partial charge in [-0.15, -0.1) is 0 Å². The third-order valence-electron chi connectivity index (χ3n) is 4.09. The first kappa shape index (κ1) is 22.9. The lowest BCUT2D eigenvalue weighted by molar-refractivity contribution is -0.404. The summed E-state index contributed by atoms with van der Waals surface area (Å²) < 4.78 is 0. The van der Waals surface area contributed by atoms with E-state index in [0.717, 1.165) is 12.1 Å². The van der Waals surface area contributed by atoms with Crippen molar-refractivity contribution in [2.75, 3.05) is 0 Å². The number of nitro benzene ring substituents is 3. The fourth-order valence-electron chi connectivity index (χ4n) is 2.66. The zero-order valence-corrected chi connectivity index (χ0v) is 16.4. The Balaban J connectivity index is 0.000000220. The summed E-state index contributed by atoms with van der Waals surface area (Å²) in [6.07, 6.45) is 4.20. The summed E-state index contributed by atoms with van der Waals surface area (Å²) in [6, 6.07) is 15.5. The minimum atomic E-state index is -1.21. The molecular formula is C20H18N4O7. The van der Waals surface area contributed by atoms with Crippen LogP contribution >= 0.6 is 0 Å². The maximum Gasteiger partial charge on any atom is 0.324 e. The molecule has 0 saturated heterocycles. The molecule has 0 unspecified atom stereocenters. The molecule has 0 bridgehead atoms. The Morgan fingerprint density at radius 2 is 1.45 bits per heavy atom. The van der Waals surface area contributed by atoms with E-state index in [4.69, 9.17) is 5.11 Å². The van der Waals surface area contributed by atoms with Crippen LogP contribution in [0.1, 0.15) is 18.9 Å². The smallest absolute Gasteiger partial charge is 0.324 e. The highest BCUT2D eigenvalue weighted by atomic mass is 16.6. The van der Waals surface area contributed by atoms with Gasteiger partial charge < -0.3 is 5.11 Å². The second-order valence-electron chi connectivity index (χ2n) is 6.27. The Kier molecular flexibility index (Phi) is 7.67. The number of nitrogens with zero attached hydrogens (tertiary/aromatic N) is 4. The zero-order chi connectivity index (χ0) is 23.0. The van der Waals surface area contributed by atoms with Crippen molar-refractivity contribution in [2.24, 2.45) is 0 Å². The van der Waals surface area contributed by atoms with Crippen molar-refractivity contribution in [2.45, 2.75) is 19.8 Å². The van der Waals surface area contributed by atoms with Crippen LogP contribution in [0.5, 0.6) is 5.75 Å². The van der Waals surface area contributed by atoms with Gasteiger partial charge in [0.1, 0.15) is 0 Å². The van der Waals surface area contributed by atoms with Gasteiger partial charge in [0.15, 0.2) is 0 Å². The van der Waals surface area contributed by atoms with Crippen LogP contribution in [-0.4, -0.2) is 24.9 Å². The van der Waals surface area contributed by atoms with Crippen LogP contribution in [0.2, 0.25) is 0 Å². The predicted octanol–water partition coefficient (Wildman–Crippen LogP) is 4.82. The van der Waals surface area contributed by atoms with Crippen LogP contribution in [0.15, 0.2) is 60.8 Å². The number of aromatic nitrogens is 1. The summed E-state index contributed by atoms with van der Waals surface area (Å²) in [7, 11) is 0. The fraction of sp³-hybridized carbons (Fsp3) is 0.150. The second-order valence-corrected chi connectivity index (χ2v) is 6.27. The summed E-state index contributed by atoms with van der Waals surface area (Å²) in [6.45, 7) is 2.20. The number of pyridine rings is 1. The molecule has 11 heteroatoms. The molecule has 0 aliphatic carbocycles. The first-order valence-electron chi connectivity index (χ1n) is 9.05. The molecule has 2 aromatic carbocycles. The normalized spacial score (nSPS) is 9.97. The molecule has 0 saturated carbocycles. The number of nitro groups is 3. The van der Waals surface area contributed by atoms with Crippen LogP contribution < -0.4 is 0 Å². The van der Waals surface area contributed by atoms with Crippen molar-refractivity contribution in [3.8, 4) is 17.0 Å². The summed E-state index contributed by atoms with van der Waals surface area (Å²) in [5.41, 5.74) is 0.626. The van der Waals surface area contributed by atoms with E-state index >= 15 is 0 Å². The molecule has 0 radical (unpaired) electrons. The van der Waals surface area contributed by atoms with E-state index in [1.807, 2.05) is 24.4 Å². The third-order valence-corrected chi connectivity index (χ3v) is 4.09. The molecule has 1 N–H and O–H groups in total. The Morgan fingerprint density at radius 1 is 0.871 bits per heavy atom. The number of hydrogen-bond donors (Lipinski definition) is 1. The molecule has 160 valence electrons. The number of phenols is 1. The summed E-state index contributed by atoms with van der Waals surface area (Å²) in [4.78, 5) is 32.2. The van der Waals surface area contributed by atoms with Gasteiger partial charge in [-0.25, -0.2) is 0 Å². The lowest BCUT2D eigenvalue weighted by Gasteiger charge is -2.03. The van der Waals surface area contributed by atoms with E-state index in [0.29, 0.717) is 12.1 Å². The van der Waals surface area contributed by atoms with Crippen molar-refractivity contribution in [1.82, 2.24) is 4.98 Å². The van der Waals surface area contributed by atoms with E-state index in [-0.39, 0.29) is 0 Å². The van der Waals surface area contributed by atoms with Crippen molar-refractivity contribution < 1.29 is 19.9 Å². The van der Waals surface area contributed by atoms with Crippen LogP contribution in [0.4, 0.5) is 17.1 Å². The molecule has 0 atom stereocenters.